The van der Waals surface area contributed by atoms with Crippen LogP contribution in [0.2, 0.25) is 0 Å². The topological polar surface area (TPSA) is 22.9 Å². The van der Waals surface area contributed by atoms with Gasteiger partial charge in [0, 0.05) is 72.9 Å². The lowest BCUT2D eigenvalue weighted by Crippen LogP contribution is -2.61. The van der Waals surface area contributed by atoms with Crippen molar-refractivity contribution in [3.8, 4) is 44.5 Å². The molecule has 0 bridgehead atoms. The molecule has 0 spiro atoms. The van der Waals surface area contributed by atoms with Crippen molar-refractivity contribution < 1.29 is 4.42 Å². The first-order valence-corrected chi connectivity index (χ1v) is 31.9. The number of para-hydroxylation sites is 2. The molecule has 13 aromatic rings. The summed E-state index contributed by atoms with van der Waals surface area (Å²) in [4.78, 5) is 7.66. The van der Waals surface area contributed by atoms with Gasteiger partial charge in [0.25, 0.3) is 6.71 Å². The van der Waals surface area contributed by atoms with E-state index >= 15 is 0 Å². The fraction of sp³-hybridized carbons (Fsp3) is 0.153. The highest BCUT2D eigenvalue weighted by atomic mass is 16.3. The van der Waals surface area contributed by atoms with Gasteiger partial charge < -0.3 is 19.1 Å². The van der Waals surface area contributed by atoms with Crippen molar-refractivity contribution in [1.82, 2.24) is 0 Å². The predicted molar refractivity (Wildman–Crippen MR) is 383 cm³/mol. The predicted octanol–water partition coefficient (Wildman–Crippen LogP) is 21.7. The third-order valence-corrected chi connectivity index (χ3v) is 19.8. The molecule has 1 aromatic heterocycles. The maximum atomic E-state index is 6.68. The number of hydrogen-bond donors (Lipinski definition) is 0. The summed E-state index contributed by atoms with van der Waals surface area (Å²) >= 11 is 0. The average Bonchev–Trinajstić information content (AvgIpc) is 0.761. The number of rotatable bonds is 8. The fourth-order valence-electron chi connectivity index (χ4n) is 15.1. The average molecular weight is 1160 g/mol. The molecule has 12 aromatic carbocycles. The van der Waals surface area contributed by atoms with E-state index in [0.717, 1.165) is 67.2 Å². The van der Waals surface area contributed by atoms with Gasteiger partial charge in [-0.25, -0.2) is 0 Å². The van der Waals surface area contributed by atoms with Gasteiger partial charge in [-0.3, -0.25) is 0 Å². The number of hydrogen-bond acceptors (Lipinski definition) is 4. The monoisotopic (exact) mass is 1160 g/mol. The molecular weight excluding hydrogens is 1090 g/mol. The maximum absolute atomic E-state index is 6.68. The number of anilines is 9. The highest BCUT2D eigenvalue weighted by molar-refractivity contribution is 7.00. The highest BCUT2D eigenvalue weighted by Gasteiger charge is 2.46. The minimum atomic E-state index is -0.217. The van der Waals surface area contributed by atoms with Gasteiger partial charge in [0.05, 0.1) is 0 Å². The standard InChI is InChI=1S/C85H72BN3O/c1-53-20-18-21-54(2)80(53)58-34-47-75-74(48-58)86-73-46-44-65(87(62-41-35-59(36-42-62)83(3,4)5)61-37-30-56(31-38-61)55-22-12-11-13-23-55)52-76(73)88(63-39-32-57(33-40-63)66-26-19-27-70-69-25-15-17-29-79(69)90-82(66)70)77-49-60(84(6,7)8)50-78(81(77)86)89(75)64-43-45-68-67-24-14-16-28-71(67)85(9,10)72(68)51-64/h11-52H,1-10H3. The number of aryl methyl sites for hydroxylation is 2. The van der Waals surface area contributed by atoms with E-state index in [9.17, 15) is 0 Å². The molecule has 3 aliphatic rings. The lowest BCUT2D eigenvalue weighted by atomic mass is 9.33. The van der Waals surface area contributed by atoms with Crippen LogP contribution in [0.3, 0.4) is 0 Å². The zero-order valence-electron chi connectivity index (χ0n) is 53.1. The van der Waals surface area contributed by atoms with E-state index in [4.69, 9.17) is 4.42 Å². The zero-order chi connectivity index (χ0) is 61.5. The Labute approximate surface area is 530 Å². The molecule has 0 saturated heterocycles. The summed E-state index contributed by atoms with van der Waals surface area (Å²) < 4.78 is 6.68. The van der Waals surface area contributed by atoms with Crippen LogP contribution in [0.1, 0.15) is 88.8 Å². The van der Waals surface area contributed by atoms with Gasteiger partial charge in [-0.15, -0.1) is 0 Å². The van der Waals surface area contributed by atoms with E-state index in [2.05, 4.69) is 339 Å². The Kier molecular flexibility index (Phi) is 12.6. The Bertz CT molecular complexity index is 5000. The van der Waals surface area contributed by atoms with Crippen molar-refractivity contribution >= 4 is 96.2 Å². The molecule has 3 heterocycles. The molecule has 2 aliphatic heterocycles. The zero-order valence-corrected chi connectivity index (χ0v) is 53.1. The third-order valence-electron chi connectivity index (χ3n) is 19.8. The molecule has 4 nitrogen and oxygen atoms in total. The molecule has 90 heavy (non-hydrogen) atoms. The largest absolute Gasteiger partial charge is 0.455 e. The lowest BCUT2D eigenvalue weighted by molar-refractivity contribution is 0.590. The second-order valence-corrected chi connectivity index (χ2v) is 27.8. The molecule has 0 unspecified atom stereocenters. The molecule has 0 amide bonds. The summed E-state index contributed by atoms with van der Waals surface area (Å²) in [6, 6.07) is 95.9. The molecule has 0 atom stereocenters. The van der Waals surface area contributed by atoms with Crippen molar-refractivity contribution in [3.63, 3.8) is 0 Å². The van der Waals surface area contributed by atoms with Crippen LogP contribution < -0.4 is 31.1 Å². The van der Waals surface area contributed by atoms with E-state index in [1.54, 1.807) is 0 Å². The van der Waals surface area contributed by atoms with Crippen LogP contribution in [0.25, 0.3) is 66.4 Å². The van der Waals surface area contributed by atoms with E-state index in [-0.39, 0.29) is 23.0 Å². The summed E-state index contributed by atoms with van der Waals surface area (Å²) in [5, 5.41) is 2.25. The first kappa shape index (κ1) is 55.2. The first-order chi connectivity index (χ1) is 43.5. The molecule has 0 saturated carbocycles. The van der Waals surface area contributed by atoms with Crippen molar-refractivity contribution in [2.45, 2.75) is 85.5 Å². The Morgan fingerprint density at radius 2 is 0.956 bits per heavy atom. The number of benzene rings is 12. The second-order valence-electron chi connectivity index (χ2n) is 27.8. The Morgan fingerprint density at radius 1 is 0.389 bits per heavy atom. The normalized spacial score (nSPS) is 13.7. The second kappa shape index (κ2) is 20.5. The van der Waals surface area contributed by atoms with Gasteiger partial charge in [-0.1, -0.05) is 225 Å². The third kappa shape index (κ3) is 8.79. The van der Waals surface area contributed by atoms with Crippen molar-refractivity contribution in [3.05, 3.63) is 288 Å². The van der Waals surface area contributed by atoms with Crippen molar-refractivity contribution in [2.75, 3.05) is 14.7 Å². The minimum Gasteiger partial charge on any atom is -0.455 e. The van der Waals surface area contributed by atoms with Crippen LogP contribution in [0.4, 0.5) is 51.2 Å². The van der Waals surface area contributed by atoms with Gasteiger partial charge >= 0.3 is 0 Å². The SMILES string of the molecule is Cc1cccc(C)c1-c1ccc2c(c1)B1c3ccc(N(c4ccc(-c5ccccc5)cc4)c4ccc(C(C)(C)C)cc4)cc3N(c3ccc(-c4cccc5c4oc4ccccc45)cc3)c3cc(C(C)(C)C)cc(c31)N2c1ccc2c(c1)C(C)(C)c1ccccc1-2. The minimum absolute atomic E-state index is 0.00802. The summed E-state index contributed by atoms with van der Waals surface area (Å²) in [7, 11) is 0. The van der Waals surface area contributed by atoms with Crippen molar-refractivity contribution in [2.24, 2.45) is 0 Å². The Hall–Kier alpha value is -10.1. The van der Waals surface area contributed by atoms with Crippen molar-refractivity contribution in [1.29, 1.82) is 0 Å². The van der Waals surface area contributed by atoms with Gasteiger partial charge in [0.1, 0.15) is 11.2 Å². The van der Waals surface area contributed by atoms with Gasteiger partial charge in [0.15, 0.2) is 0 Å². The smallest absolute Gasteiger partial charge is 0.252 e. The van der Waals surface area contributed by atoms with Crippen LogP contribution in [0.5, 0.6) is 0 Å². The van der Waals surface area contributed by atoms with Gasteiger partial charge in [-0.2, -0.15) is 0 Å². The van der Waals surface area contributed by atoms with Gasteiger partial charge in [0.2, 0.25) is 0 Å². The molecule has 0 radical (unpaired) electrons. The van der Waals surface area contributed by atoms with E-state index in [1.807, 2.05) is 0 Å². The fourth-order valence-corrected chi connectivity index (χ4v) is 15.1. The Morgan fingerprint density at radius 3 is 1.68 bits per heavy atom. The summed E-state index contributed by atoms with van der Waals surface area (Å²) in [6.45, 7) is 23.1. The number of nitrogens with zero attached hydrogens (tertiary/aromatic N) is 3. The van der Waals surface area contributed by atoms with E-state index < -0.39 is 0 Å². The number of furan rings is 1. The van der Waals surface area contributed by atoms with Crippen LogP contribution in [0.15, 0.2) is 259 Å². The molecule has 0 fully saturated rings. The van der Waals surface area contributed by atoms with E-state index in [1.165, 1.54) is 100 Å². The summed E-state index contributed by atoms with van der Waals surface area (Å²) in [6.07, 6.45) is 0. The highest BCUT2D eigenvalue weighted by Crippen LogP contribution is 2.53. The van der Waals surface area contributed by atoms with Gasteiger partial charge in [-0.05, 0) is 198 Å². The molecule has 1 aliphatic carbocycles. The quantitative estimate of drug-likeness (QED) is 0.141. The molecule has 436 valence electrons. The summed E-state index contributed by atoms with van der Waals surface area (Å²) in [5.41, 5.74) is 32.9. The number of fused-ring (bicyclic) bond motifs is 10. The van der Waals surface area contributed by atoms with Crippen LogP contribution in [0, 0.1) is 13.8 Å². The van der Waals surface area contributed by atoms with Crippen LogP contribution in [-0.4, -0.2) is 6.71 Å². The molecule has 5 heteroatoms. The van der Waals surface area contributed by atoms with E-state index in [0.29, 0.717) is 0 Å². The first-order valence-electron chi connectivity index (χ1n) is 31.9. The Balaban J connectivity index is 0.962. The molecular formula is C85H72BN3O. The summed E-state index contributed by atoms with van der Waals surface area (Å²) in [5.74, 6) is 0. The molecule has 0 N–H and O–H groups in total. The maximum Gasteiger partial charge on any atom is 0.252 e. The van der Waals surface area contributed by atoms with Crippen LogP contribution in [-0.2, 0) is 16.2 Å². The molecule has 16 rings (SSSR count). The van der Waals surface area contributed by atoms with Crippen LogP contribution >= 0.6 is 0 Å². The lowest BCUT2D eigenvalue weighted by Gasteiger charge is -2.45.